The third-order valence-electron chi connectivity index (χ3n) is 2.07. The smallest absolute Gasteiger partial charge is 0.292 e. The average molecular weight is 212 g/mol. The first-order chi connectivity index (χ1) is 7.13. The zero-order valence-electron chi connectivity index (χ0n) is 7.90. The Morgan fingerprint density at radius 1 is 1.47 bits per heavy atom. The van der Waals surface area contributed by atoms with Gasteiger partial charge in [-0.15, -0.1) is 0 Å². The second-order valence-electron chi connectivity index (χ2n) is 3.20. The highest BCUT2D eigenvalue weighted by Gasteiger charge is 2.33. The van der Waals surface area contributed by atoms with Gasteiger partial charge in [-0.25, -0.2) is 9.50 Å². The number of nitrogens with two attached hydrogens (primary N) is 1. The van der Waals surface area contributed by atoms with Crippen LogP contribution in [0.15, 0.2) is 24.5 Å². The van der Waals surface area contributed by atoms with Crippen LogP contribution in [0.25, 0.3) is 5.65 Å². The lowest BCUT2D eigenvalue weighted by molar-refractivity contribution is -0.0153. The highest BCUT2D eigenvalue weighted by molar-refractivity contribution is 5.39. The second-order valence-corrected chi connectivity index (χ2v) is 3.20. The summed E-state index contributed by atoms with van der Waals surface area (Å²) in [5, 5.41) is 3.75. The molecule has 15 heavy (non-hydrogen) atoms. The quantitative estimate of drug-likeness (QED) is 0.830. The Labute approximate surface area is 84.7 Å². The van der Waals surface area contributed by atoms with Crippen LogP contribution in [-0.4, -0.2) is 21.1 Å². The van der Waals surface area contributed by atoms with E-state index < -0.39 is 12.3 Å². The van der Waals surface area contributed by atoms with Crippen LogP contribution in [0.2, 0.25) is 0 Å². The van der Waals surface area contributed by atoms with Gasteiger partial charge in [0.15, 0.2) is 5.65 Å². The van der Waals surface area contributed by atoms with Crippen molar-refractivity contribution in [2.75, 3.05) is 6.54 Å². The Morgan fingerprint density at radius 2 is 2.27 bits per heavy atom. The molecule has 2 aromatic heterocycles. The van der Waals surface area contributed by atoms with Crippen molar-refractivity contribution in [3.8, 4) is 0 Å². The van der Waals surface area contributed by atoms with E-state index in [0.29, 0.717) is 5.65 Å². The maximum Gasteiger partial charge on any atom is 0.292 e. The number of nitrogens with zero attached hydrogens (tertiary/aromatic N) is 3. The van der Waals surface area contributed by atoms with Crippen molar-refractivity contribution in [1.29, 1.82) is 0 Å². The zero-order chi connectivity index (χ0) is 10.9. The third-order valence-corrected chi connectivity index (χ3v) is 2.07. The molecule has 0 fully saturated rings. The first-order valence-corrected chi connectivity index (χ1v) is 4.52. The van der Waals surface area contributed by atoms with E-state index >= 15 is 0 Å². The van der Waals surface area contributed by atoms with E-state index in [2.05, 4.69) is 10.1 Å². The Morgan fingerprint density at radius 3 is 2.93 bits per heavy atom. The van der Waals surface area contributed by atoms with E-state index in [0.717, 1.165) is 0 Å². The van der Waals surface area contributed by atoms with Crippen molar-refractivity contribution in [3.05, 3.63) is 30.2 Å². The minimum absolute atomic E-state index is 0.0751. The number of aromatic nitrogens is 3. The van der Waals surface area contributed by atoms with E-state index in [9.17, 15) is 8.78 Å². The van der Waals surface area contributed by atoms with Crippen molar-refractivity contribution in [2.24, 2.45) is 5.73 Å². The minimum Gasteiger partial charge on any atom is -0.330 e. The summed E-state index contributed by atoms with van der Waals surface area (Å²) in [5.41, 5.74) is 5.24. The Balaban J connectivity index is 2.44. The molecule has 0 aliphatic rings. The molecular formula is C9H10F2N4. The average Bonchev–Trinajstić information content (AvgIpc) is 2.61. The lowest BCUT2D eigenvalue weighted by Gasteiger charge is -2.10. The number of alkyl halides is 2. The molecule has 0 amide bonds. The minimum atomic E-state index is -2.98. The van der Waals surface area contributed by atoms with Gasteiger partial charge in [0.2, 0.25) is 0 Å². The standard InChI is InChI=1S/C9H10F2N4/c10-9(11,2-3-12)7-6-8-13-4-1-5-15(8)14-7/h1,4-6H,2-3,12H2. The van der Waals surface area contributed by atoms with Crippen LogP contribution in [0, 0.1) is 0 Å². The molecule has 0 aliphatic heterocycles. The normalized spacial score (nSPS) is 12.2. The van der Waals surface area contributed by atoms with Crippen LogP contribution in [0.4, 0.5) is 8.78 Å². The number of fused-ring (bicyclic) bond motifs is 1. The van der Waals surface area contributed by atoms with Crippen LogP contribution in [0.3, 0.4) is 0 Å². The molecule has 2 aromatic rings. The Bertz CT molecular complexity index is 433. The molecule has 6 heteroatoms. The molecule has 2 heterocycles. The number of halogens is 2. The van der Waals surface area contributed by atoms with Crippen LogP contribution < -0.4 is 5.73 Å². The fraction of sp³-hybridized carbons (Fsp3) is 0.333. The second kappa shape index (κ2) is 3.54. The topological polar surface area (TPSA) is 56.2 Å². The van der Waals surface area contributed by atoms with E-state index in [4.69, 9.17) is 5.73 Å². The summed E-state index contributed by atoms with van der Waals surface area (Å²) >= 11 is 0. The van der Waals surface area contributed by atoms with E-state index in [1.165, 1.54) is 16.8 Å². The fourth-order valence-corrected chi connectivity index (χ4v) is 1.32. The van der Waals surface area contributed by atoms with E-state index in [-0.39, 0.29) is 12.2 Å². The van der Waals surface area contributed by atoms with Gasteiger partial charge in [0.1, 0.15) is 5.69 Å². The van der Waals surface area contributed by atoms with Gasteiger partial charge in [0.05, 0.1) is 0 Å². The van der Waals surface area contributed by atoms with Crippen LogP contribution in [0.1, 0.15) is 12.1 Å². The predicted octanol–water partition coefficient (Wildman–Crippen LogP) is 1.17. The van der Waals surface area contributed by atoms with Crippen molar-refractivity contribution < 1.29 is 8.78 Å². The monoisotopic (exact) mass is 212 g/mol. The lowest BCUT2D eigenvalue weighted by atomic mass is 10.2. The van der Waals surface area contributed by atoms with Crippen molar-refractivity contribution >= 4 is 5.65 Å². The van der Waals surface area contributed by atoms with Gasteiger partial charge in [-0.2, -0.15) is 13.9 Å². The molecular weight excluding hydrogens is 202 g/mol. The summed E-state index contributed by atoms with van der Waals surface area (Å²) in [6.45, 7) is -0.0751. The number of rotatable bonds is 3. The van der Waals surface area contributed by atoms with Gasteiger partial charge in [0, 0.05) is 24.9 Å². The molecule has 4 nitrogen and oxygen atoms in total. The third kappa shape index (κ3) is 1.80. The van der Waals surface area contributed by atoms with E-state index in [1.54, 1.807) is 12.3 Å². The molecule has 0 atom stereocenters. The van der Waals surface area contributed by atoms with Crippen molar-refractivity contribution in [2.45, 2.75) is 12.3 Å². The molecule has 2 N–H and O–H groups in total. The summed E-state index contributed by atoms with van der Waals surface area (Å²) < 4.78 is 28.1. The number of hydrogen-bond donors (Lipinski definition) is 1. The summed E-state index contributed by atoms with van der Waals surface area (Å²) in [6.07, 6.45) is 2.70. The van der Waals surface area contributed by atoms with Gasteiger partial charge >= 0.3 is 0 Å². The summed E-state index contributed by atoms with van der Waals surface area (Å²) in [5.74, 6) is -2.98. The molecule has 0 unspecified atom stereocenters. The molecule has 0 saturated carbocycles. The predicted molar refractivity (Wildman–Crippen MR) is 50.6 cm³/mol. The maximum absolute atomic E-state index is 13.4. The lowest BCUT2D eigenvalue weighted by Crippen LogP contribution is -2.19. The maximum atomic E-state index is 13.4. The molecule has 0 aromatic carbocycles. The van der Waals surface area contributed by atoms with Crippen LogP contribution in [-0.2, 0) is 5.92 Å². The van der Waals surface area contributed by atoms with Gasteiger partial charge in [-0.1, -0.05) is 0 Å². The largest absolute Gasteiger partial charge is 0.330 e. The van der Waals surface area contributed by atoms with Crippen LogP contribution >= 0.6 is 0 Å². The highest BCUT2D eigenvalue weighted by Crippen LogP contribution is 2.30. The summed E-state index contributed by atoms with van der Waals surface area (Å²) in [4.78, 5) is 3.91. The Hall–Kier alpha value is -1.56. The Kier molecular flexibility index (Phi) is 2.36. The molecule has 0 spiro atoms. The van der Waals surface area contributed by atoms with Gasteiger partial charge in [-0.3, -0.25) is 0 Å². The first kappa shape index (κ1) is 9.97. The molecule has 0 aliphatic carbocycles. The van der Waals surface area contributed by atoms with Gasteiger partial charge in [0.25, 0.3) is 5.92 Å². The van der Waals surface area contributed by atoms with Crippen molar-refractivity contribution in [1.82, 2.24) is 14.6 Å². The van der Waals surface area contributed by atoms with Gasteiger partial charge in [-0.05, 0) is 12.6 Å². The van der Waals surface area contributed by atoms with Crippen molar-refractivity contribution in [3.63, 3.8) is 0 Å². The molecule has 0 saturated heterocycles. The molecule has 80 valence electrons. The fourth-order valence-electron chi connectivity index (χ4n) is 1.32. The van der Waals surface area contributed by atoms with E-state index in [1.807, 2.05) is 0 Å². The zero-order valence-corrected chi connectivity index (χ0v) is 7.90. The van der Waals surface area contributed by atoms with Gasteiger partial charge < -0.3 is 5.73 Å². The first-order valence-electron chi connectivity index (χ1n) is 4.52. The molecule has 2 rings (SSSR count). The summed E-state index contributed by atoms with van der Waals surface area (Å²) in [7, 11) is 0. The molecule has 0 bridgehead atoms. The molecule has 0 radical (unpaired) electrons. The summed E-state index contributed by atoms with van der Waals surface area (Å²) in [6, 6.07) is 2.90. The SMILES string of the molecule is NCCC(F)(F)c1cc2ncccn2n1. The highest BCUT2D eigenvalue weighted by atomic mass is 19.3. The number of hydrogen-bond acceptors (Lipinski definition) is 3. The van der Waals surface area contributed by atoms with Crippen LogP contribution in [0.5, 0.6) is 0 Å².